The lowest BCUT2D eigenvalue weighted by molar-refractivity contribution is -0.135. The monoisotopic (exact) mass is 372 g/mol. The Morgan fingerprint density at radius 3 is 2.73 bits per heavy atom. The number of likely N-dealkylation sites (tertiary alicyclic amines) is 1. The summed E-state index contributed by atoms with van der Waals surface area (Å²) in [7, 11) is 0. The molecule has 0 radical (unpaired) electrons. The van der Waals surface area contributed by atoms with E-state index in [2.05, 4.69) is 32.8 Å². The lowest BCUT2D eigenvalue weighted by atomic mass is 9.96. The van der Waals surface area contributed by atoms with E-state index in [4.69, 9.17) is 0 Å². The van der Waals surface area contributed by atoms with Gasteiger partial charge in [0, 0.05) is 31.1 Å². The average Bonchev–Trinajstić information content (AvgIpc) is 2.93. The Morgan fingerprint density at radius 1 is 1.15 bits per heavy atom. The summed E-state index contributed by atoms with van der Waals surface area (Å²) in [5.74, 6) is 1.48. The number of hydrogen-bond donors (Lipinski definition) is 0. The van der Waals surface area contributed by atoms with Crippen molar-refractivity contribution in [3.05, 3.63) is 17.3 Å². The summed E-state index contributed by atoms with van der Waals surface area (Å²) in [5.41, 5.74) is 0. The van der Waals surface area contributed by atoms with Gasteiger partial charge in [-0.1, -0.05) is 19.8 Å². The number of fused-ring (bicyclic) bond motifs is 1. The first-order valence-electron chi connectivity index (χ1n) is 10.0. The number of carbonyl (C=O) groups excluding carboxylic acids is 1. The smallest absolute Gasteiger partial charge is 0.227 e. The largest absolute Gasteiger partial charge is 0.355 e. The number of piperidine rings is 1. The van der Waals surface area contributed by atoms with Crippen molar-refractivity contribution in [3.63, 3.8) is 0 Å². The molecule has 6 heteroatoms. The van der Waals surface area contributed by atoms with Gasteiger partial charge in [-0.15, -0.1) is 11.3 Å². The van der Waals surface area contributed by atoms with E-state index in [0.717, 1.165) is 74.3 Å². The molecule has 0 bridgehead atoms. The Hall–Kier alpha value is -1.69. The summed E-state index contributed by atoms with van der Waals surface area (Å²) in [5, 5.41) is 1.15. The highest BCUT2D eigenvalue weighted by Crippen LogP contribution is 2.33. The lowest BCUT2D eigenvalue weighted by Crippen LogP contribution is -2.45. The zero-order valence-electron chi connectivity index (χ0n) is 15.6. The Morgan fingerprint density at radius 2 is 1.96 bits per heavy atom. The lowest BCUT2D eigenvalue weighted by Gasteiger charge is -2.35. The van der Waals surface area contributed by atoms with Gasteiger partial charge in [0.2, 0.25) is 5.91 Å². The highest BCUT2D eigenvalue weighted by Gasteiger charge is 2.30. The van der Waals surface area contributed by atoms with E-state index in [1.807, 2.05) is 0 Å². The zero-order chi connectivity index (χ0) is 17.9. The maximum Gasteiger partial charge on any atom is 0.227 e. The van der Waals surface area contributed by atoms with Crippen LogP contribution in [0.4, 0.5) is 5.82 Å². The Bertz CT molecular complexity index is 766. The summed E-state index contributed by atoms with van der Waals surface area (Å²) in [6, 6.07) is 2.23. The molecule has 0 spiro atoms. The topological polar surface area (TPSA) is 49.3 Å². The number of hydrogen-bond acceptors (Lipinski definition) is 5. The predicted molar refractivity (Wildman–Crippen MR) is 107 cm³/mol. The second-order valence-corrected chi connectivity index (χ2v) is 8.62. The van der Waals surface area contributed by atoms with Gasteiger partial charge in [-0.3, -0.25) is 4.79 Å². The highest BCUT2D eigenvalue weighted by atomic mass is 32.1. The predicted octanol–water partition coefficient (Wildman–Crippen LogP) is 3.87. The minimum Gasteiger partial charge on any atom is -0.355 e. The molecule has 1 unspecified atom stereocenters. The Balaban J connectivity index is 1.53. The normalized spacial score (nSPS) is 21.8. The number of aromatic nitrogens is 2. The van der Waals surface area contributed by atoms with E-state index in [1.54, 1.807) is 17.7 Å². The van der Waals surface area contributed by atoms with Gasteiger partial charge < -0.3 is 9.80 Å². The summed E-state index contributed by atoms with van der Waals surface area (Å²) < 4.78 is 0. The number of rotatable bonds is 3. The van der Waals surface area contributed by atoms with Crippen molar-refractivity contribution >= 4 is 33.3 Å². The molecule has 2 aromatic rings. The molecule has 2 aromatic heterocycles. The van der Waals surface area contributed by atoms with Crippen molar-refractivity contribution in [1.29, 1.82) is 0 Å². The molecule has 2 aliphatic rings. The number of anilines is 1. The molecule has 2 fully saturated rings. The van der Waals surface area contributed by atoms with E-state index < -0.39 is 0 Å². The molecule has 1 amide bonds. The van der Waals surface area contributed by atoms with Crippen molar-refractivity contribution in [3.8, 4) is 0 Å². The molecule has 4 rings (SSSR count). The fourth-order valence-corrected chi connectivity index (χ4v) is 5.17. The third-order valence-electron chi connectivity index (χ3n) is 5.70. The number of thiophene rings is 1. The minimum atomic E-state index is 0.108. The van der Waals surface area contributed by atoms with Crippen molar-refractivity contribution in [1.82, 2.24) is 14.9 Å². The molecule has 0 aromatic carbocycles. The van der Waals surface area contributed by atoms with Gasteiger partial charge in [-0.25, -0.2) is 9.97 Å². The average molecular weight is 373 g/mol. The minimum absolute atomic E-state index is 0.108. The van der Waals surface area contributed by atoms with E-state index >= 15 is 0 Å². The van der Waals surface area contributed by atoms with Crippen LogP contribution in [0.1, 0.15) is 50.3 Å². The first kappa shape index (κ1) is 17.7. The maximum atomic E-state index is 13.1. The second-order valence-electron chi connectivity index (χ2n) is 7.51. The highest BCUT2D eigenvalue weighted by molar-refractivity contribution is 7.18. The fraction of sp³-hybridized carbons (Fsp3) is 0.650. The molecular weight excluding hydrogens is 344 g/mol. The molecule has 0 aliphatic carbocycles. The van der Waals surface area contributed by atoms with Crippen molar-refractivity contribution in [2.24, 2.45) is 5.92 Å². The first-order valence-corrected chi connectivity index (χ1v) is 10.8. The Labute approximate surface area is 159 Å². The van der Waals surface area contributed by atoms with Crippen LogP contribution < -0.4 is 4.90 Å². The van der Waals surface area contributed by atoms with Crippen molar-refractivity contribution in [2.45, 2.75) is 51.9 Å². The quantitative estimate of drug-likeness (QED) is 0.821. The van der Waals surface area contributed by atoms with E-state index in [1.165, 1.54) is 17.7 Å². The third-order valence-corrected chi connectivity index (χ3v) is 6.88. The standard InChI is InChI=1S/C20H28N4OS/c1-2-16-12-17-18(21-14-22-19(17)26-16)24-11-7-8-15(13-24)20(25)23-9-5-3-4-6-10-23/h12,14-15H,2-11,13H2,1H3. The number of amides is 1. The zero-order valence-corrected chi connectivity index (χ0v) is 16.4. The van der Waals surface area contributed by atoms with Gasteiger partial charge in [0.05, 0.1) is 11.3 Å². The first-order chi connectivity index (χ1) is 12.8. The summed E-state index contributed by atoms with van der Waals surface area (Å²) in [6.45, 7) is 5.83. The van der Waals surface area contributed by atoms with Gasteiger partial charge in [-0.2, -0.15) is 0 Å². The molecule has 0 saturated carbocycles. The van der Waals surface area contributed by atoms with Gasteiger partial charge in [-0.05, 0) is 38.2 Å². The Kier molecular flexibility index (Phi) is 5.38. The van der Waals surface area contributed by atoms with Gasteiger partial charge >= 0.3 is 0 Å². The van der Waals surface area contributed by atoms with Crippen LogP contribution in [0.5, 0.6) is 0 Å². The molecular formula is C20H28N4OS. The molecule has 140 valence electrons. The van der Waals surface area contributed by atoms with Crippen LogP contribution in [0, 0.1) is 5.92 Å². The number of nitrogens with zero attached hydrogens (tertiary/aromatic N) is 4. The van der Waals surface area contributed by atoms with E-state index in [9.17, 15) is 4.79 Å². The van der Waals surface area contributed by atoms with Crippen molar-refractivity contribution in [2.75, 3.05) is 31.1 Å². The van der Waals surface area contributed by atoms with Gasteiger partial charge in [0.15, 0.2) is 0 Å². The SMILES string of the molecule is CCc1cc2c(N3CCCC(C(=O)N4CCCCCC4)C3)ncnc2s1. The van der Waals surface area contributed by atoms with Crippen LogP contribution in [-0.2, 0) is 11.2 Å². The molecule has 2 saturated heterocycles. The van der Waals surface area contributed by atoms with Gasteiger partial charge in [0.1, 0.15) is 17.0 Å². The molecule has 4 heterocycles. The summed E-state index contributed by atoms with van der Waals surface area (Å²) >= 11 is 1.75. The van der Waals surface area contributed by atoms with E-state index in [-0.39, 0.29) is 5.92 Å². The second kappa shape index (κ2) is 7.91. The number of carbonyl (C=O) groups is 1. The molecule has 2 aliphatic heterocycles. The van der Waals surface area contributed by atoms with Crippen LogP contribution in [0.3, 0.4) is 0 Å². The van der Waals surface area contributed by atoms with Crippen LogP contribution >= 0.6 is 11.3 Å². The van der Waals surface area contributed by atoms with E-state index in [0.29, 0.717) is 5.91 Å². The van der Waals surface area contributed by atoms with Crippen LogP contribution in [0.2, 0.25) is 0 Å². The molecule has 1 atom stereocenters. The molecule has 5 nitrogen and oxygen atoms in total. The van der Waals surface area contributed by atoms with Crippen LogP contribution in [-0.4, -0.2) is 47.0 Å². The van der Waals surface area contributed by atoms with Gasteiger partial charge in [0.25, 0.3) is 0 Å². The van der Waals surface area contributed by atoms with Crippen LogP contribution in [0.15, 0.2) is 12.4 Å². The van der Waals surface area contributed by atoms with Crippen molar-refractivity contribution < 1.29 is 4.79 Å². The van der Waals surface area contributed by atoms with Crippen LogP contribution in [0.25, 0.3) is 10.2 Å². The summed E-state index contributed by atoms with van der Waals surface area (Å²) in [6.07, 6.45) is 9.59. The third kappa shape index (κ3) is 3.56. The molecule has 0 N–H and O–H groups in total. The number of aryl methyl sites for hydroxylation is 1. The fourth-order valence-electron chi connectivity index (χ4n) is 4.24. The maximum absolute atomic E-state index is 13.1. The summed E-state index contributed by atoms with van der Waals surface area (Å²) in [4.78, 5) is 29.0. The molecule has 26 heavy (non-hydrogen) atoms.